The molecular formula is C15H32N2O. The Bertz CT molecular complexity index is 223. The Labute approximate surface area is 113 Å². The molecule has 2 N–H and O–H groups in total. The smallest absolute Gasteiger partial charge is 0.0467 e. The molecule has 0 bridgehead atoms. The minimum Gasteiger partial charge on any atom is -0.385 e. The van der Waals surface area contributed by atoms with Gasteiger partial charge in [0.05, 0.1) is 0 Å². The molecule has 1 unspecified atom stereocenters. The van der Waals surface area contributed by atoms with Crippen LogP contribution in [0.5, 0.6) is 0 Å². The predicted molar refractivity (Wildman–Crippen MR) is 78.0 cm³/mol. The van der Waals surface area contributed by atoms with E-state index < -0.39 is 0 Å². The lowest BCUT2D eigenvalue weighted by atomic mass is 9.82. The number of nitrogens with one attached hydrogen (secondary N) is 2. The molecule has 0 aliphatic carbocycles. The Morgan fingerprint density at radius 2 is 2.17 bits per heavy atom. The summed E-state index contributed by atoms with van der Waals surface area (Å²) in [6, 6.07) is 0. The van der Waals surface area contributed by atoms with E-state index in [-0.39, 0.29) is 0 Å². The van der Waals surface area contributed by atoms with Gasteiger partial charge >= 0.3 is 0 Å². The molecular weight excluding hydrogens is 224 g/mol. The van der Waals surface area contributed by atoms with Crippen LogP contribution in [0.2, 0.25) is 0 Å². The van der Waals surface area contributed by atoms with Gasteiger partial charge in [0.25, 0.3) is 0 Å². The highest BCUT2D eigenvalue weighted by molar-refractivity contribution is 4.90. The Balaban J connectivity index is 2.30. The first-order valence-electron chi connectivity index (χ1n) is 7.44. The van der Waals surface area contributed by atoms with Crippen LogP contribution in [-0.4, -0.2) is 39.9 Å². The first kappa shape index (κ1) is 15.9. The van der Waals surface area contributed by atoms with Crippen LogP contribution in [0.4, 0.5) is 0 Å². The molecule has 1 saturated heterocycles. The maximum absolute atomic E-state index is 5.18. The Kier molecular flexibility index (Phi) is 6.61. The zero-order chi connectivity index (χ0) is 13.5. The van der Waals surface area contributed by atoms with Gasteiger partial charge in [-0.1, -0.05) is 27.2 Å². The molecule has 1 atom stereocenters. The predicted octanol–water partition coefficient (Wildman–Crippen LogP) is 2.42. The number of hydrogen-bond donors (Lipinski definition) is 2. The first-order valence-corrected chi connectivity index (χ1v) is 7.44. The fourth-order valence-corrected chi connectivity index (χ4v) is 2.91. The van der Waals surface area contributed by atoms with Gasteiger partial charge in [0.1, 0.15) is 0 Å². The van der Waals surface area contributed by atoms with Gasteiger partial charge in [-0.3, -0.25) is 0 Å². The molecule has 1 rings (SSSR count). The maximum Gasteiger partial charge on any atom is 0.0467 e. The van der Waals surface area contributed by atoms with Crippen molar-refractivity contribution in [1.82, 2.24) is 10.6 Å². The fourth-order valence-electron chi connectivity index (χ4n) is 2.91. The van der Waals surface area contributed by atoms with Crippen LogP contribution >= 0.6 is 0 Å². The van der Waals surface area contributed by atoms with Gasteiger partial charge in [-0.15, -0.1) is 0 Å². The summed E-state index contributed by atoms with van der Waals surface area (Å²) < 4.78 is 5.18. The van der Waals surface area contributed by atoms with E-state index in [0.717, 1.165) is 26.1 Å². The van der Waals surface area contributed by atoms with Crippen LogP contribution in [0.1, 0.15) is 46.5 Å². The van der Waals surface area contributed by atoms with Gasteiger partial charge < -0.3 is 15.4 Å². The second-order valence-corrected chi connectivity index (χ2v) is 6.69. The molecule has 0 aromatic carbocycles. The summed E-state index contributed by atoms with van der Waals surface area (Å²) in [5.74, 6) is 0. The normalized spacial score (nSPS) is 24.7. The molecule has 0 radical (unpaired) electrons. The highest BCUT2D eigenvalue weighted by Gasteiger charge is 2.32. The van der Waals surface area contributed by atoms with Crippen molar-refractivity contribution in [2.75, 3.05) is 39.9 Å². The van der Waals surface area contributed by atoms with Crippen LogP contribution in [0.3, 0.4) is 0 Å². The third-order valence-corrected chi connectivity index (χ3v) is 4.20. The van der Waals surface area contributed by atoms with Crippen LogP contribution in [0, 0.1) is 10.8 Å². The third-order valence-electron chi connectivity index (χ3n) is 4.20. The quantitative estimate of drug-likeness (QED) is 0.665. The summed E-state index contributed by atoms with van der Waals surface area (Å²) in [5.41, 5.74) is 0.835. The molecule has 18 heavy (non-hydrogen) atoms. The van der Waals surface area contributed by atoms with Gasteiger partial charge in [0, 0.05) is 33.4 Å². The van der Waals surface area contributed by atoms with Crippen LogP contribution < -0.4 is 10.6 Å². The van der Waals surface area contributed by atoms with Crippen LogP contribution in [0.15, 0.2) is 0 Å². The topological polar surface area (TPSA) is 33.3 Å². The van der Waals surface area contributed by atoms with Crippen molar-refractivity contribution in [3.8, 4) is 0 Å². The molecule has 108 valence electrons. The lowest BCUT2D eigenvalue weighted by Gasteiger charge is -2.31. The minimum absolute atomic E-state index is 0.329. The molecule has 3 heteroatoms. The van der Waals surface area contributed by atoms with Crippen molar-refractivity contribution >= 4 is 0 Å². The van der Waals surface area contributed by atoms with E-state index in [1.54, 1.807) is 7.11 Å². The van der Waals surface area contributed by atoms with Crippen molar-refractivity contribution in [3.63, 3.8) is 0 Å². The zero-order valence-corrected chi connectivity index (χ0v) is 12.8. The summed E-state index contributed by atoms with van der Waals surface area (Å²) in [6.07, 6.45) is 5.07. The summed E-state index contributed by atoms with van der Waals surface area (Å²) in [6.45, 7) is 12.4. The van der Waals surface area contributed by atoms with E-state index in [2.05, 4.69) is 31.4 Å². The lowest BCUT2D eigenvalue weighted by Crippen LogP contribution is -2.40. The average molecular weight is 256 g/mol. The second-order valence-electron chi connectivity index (χ2n) is 6.69. The van der Waals surface area contributed by atoms with Gasteiger partial charge in [-0.25, -0.2) is 0 Å². The molecule has 1 fully saturated rings. The van der Waals surface area contributed by atoms with E-state index in [1.807, 2.05) is 0 Å². The number of methoxy groups -OCH3 is 1. The average Bonchev–Trinajstić information content (AvgIpc) is 2.76. The molecule has 0 amide bonds. The Morgan fingerprint density at radius 3 is 2.72 bits per heavy atom. The molecule has 0 aromatic heterocycles. The van der Waals surface area contributed by atoms with Gasteiger partial charge in [-0.2, -0.15) is 0 Å². The standard InChI is InChI=1S/C15H32N2O/c1-5-6-15(7-9-16-12-15)13-17-11-14(2,3)8-10-18-4/h16-17H,5-13H2,1-4H3. The number of rotatable bonds is 9. The highest BCUT2D eigenvalue weighted by Crippen LogP contribution is 2.30. The van der Waals surface area contributed by atoms with Crippen molar-refractivity contribution in [2.45, 2.75) is 46.5 Å². The van der Waals surface area contributed by atoms with Crippen molar-refractivity contribution < 1.29 is 4.74 Å². The first-order chi connectivity index (χ1) is 8.54. The highest BCUT2D eigenvalue weighted by atomic mass is 16.5. The zero-order valence-electron chi connectivity index (χ0n) is 12.8. The second kappa shape index (κ2) is 7.46. The van der Waals surface area contributed by atoms with Gasteiger partial charge in [0.15, 0.2) is 0 Å². The van der Waals surface area contributed by atoms with E-state index >= 15 is 0 Å². The molecule has 0 spiro atoms. The van der Waals surface area contributed by atoms with Crippen molar-refractivity contribution in [1.29, 1.82) is 0 Å². The summed E-state index contributed by atoms with van der Waals surface area (Å²) in [4.78, 5) is 0. The van der Waals surface area contributed by atoms with Crippen LogP contribution in [0.25, 0.3) is 0 Å². The summed E-state index contributed by atoms with van der Waals surface area (Å²) >= 11 is 0. The summed E-state index contributed by atoms with van der Waals surface area (Å²) in [5, 5.41) is 7.23. The monoisotopic (exact) mass is 256 g/mol. The fraction of sp³-hybridized carbons (Fsp3) is 1.00. The minimum atomic E-state index is 0.329. The molecule has 1 heterocycles. The lowest BCUT2D eigenvalue weighted by molar-refractivity contribution is 0.147. The SMILES string of the molecule is CCCC1(CNCC(C)(C)CCOC)CCNC1. The molecule has 1 aliphatic rings. The largest absolute Gasteiger partial charge is 0.385 e. The van der Waals surface area contributed by atoms with Crippen molar-refractivity contribution in [3.05, 3.63) is 0 Å². The number of hydrogen-bond acceptors (Lipinski definition) is 3. The van der Waals surface area contributed by atoms with Crippen molar-refractivity contribution in [2.24, 2.45) is 10.8 Å². The molecule has 0 saturated carbocycles. The Hall–Kier alpha value is -0.120. The Morgan fingerprint density at radius 1 is 1.39 bits per heavy atom. The van der Waals surface area contributed by atoms with Gasteiger partial charge in [-0.05, 0) is 36.6 Å². The van der Waals surface area contributed by atoms with E-state index in [9.17, 15) is 0 Å². The van der Waals surface area contributed by atoms with Crippen LogP contribution in [-0.2, 0) is 4.74 Å². The van der Waals surface area contributed by atoms with E-state index in [4.69, 9.17) is 4.74 Å². The molecule has 3 nitrogen and oxygen atoms in total. The maximum atomic E-state index is 5.18. The van der Waals surface area contributed by atoms with E-state index in [1.165, 1.54) is 32.4 Å². The van der Waals surface area contributed by atoms with Gasteiger partial charge in [0.2, 0.25) is 0 Å². The summed E-state index contributed by atoms with van der Waals surface area (Å²) in [7, 11) is 1.78. The van der Waals surface area contributed by atoms with E-state index in [0.29, 0.717) is 10.8 Å². The third kappa shape index (κ3) is 5.25. The molecule has 0 aromatic rings. The molecule has 1 aliphatic heterocycles. The number of ether oxygens (including phenoxy) is 1.